The fourth-order valence-corrected chi connectivity index (χ4v) is 3.36. The summed E-state index contributed by atoms with van der Waals surface area (Å²) in [4.78, 5) is 39.8. The van der Waals surface area contributed by atoms with Gasteiger partial charge in [-0.25, -0.2) is 0 Å². The smallest absolute Gasteiger partial charge is 0.245 e. The summed E-state index contributed by atoms with van der Waals surface area (Å²) < 4.78 is 1.93. The first-order valence-electron chi connectivity index (χ1n) is 8.50. The highest BCUT2D eigenvalue weighted by molar-refractivity contribution is 5.90. The zero-order chi connectivity index (χ0) is 17.1. The lowest BCUT2D eigenvalue weighted by Gasteiger charge is -2.24. The number of nitrogens with zero attached hydrogens (tertiary/aromatic N) is 3. The molecule has 1 aromatic rings. The molecule has 24 heavy (non-hydrogen) atoms. The molecule has 0 saturated carbocycles. The molecule has 7 heteroatoms. The van der Waals surface area contributed by atoms with E-state index in [4.69, 9.17) is 0 Å². The monoisotopic (exact) mass is 332 g/mol. The number of amides is 3. The van der Waals surface area contributed by atoms with Crippen molar-refractivity contribution in [3.8, 4) is 0 Å². The quantitative estimate of drug-likeness (QED) is 0.840. The molecule has 2 aliphatic heterocycles. The SMILES string of the molecule is Cn1ccc(CC(=O)N2CCCN(C(=O)C3CCC(=O)N3)CC2)c1. The van der Waals surface area contributed by atoms with Crippen LogP contribution in [0.15, 0.2) is 18.5 Å². The van der Waals surface area contributed by atoms with E-state index in [1.54, 1.807) is 4.90 Å². The van der Waals surface area contributed by atoms with Gasteiger partial charge in [-0.3, -0.25) is 14.4 Å². The molecule has 3 amide bonds. The maximum Gasteiger partial charge on any atom is 0.245 e. The van der Waals surface area contributed by atoms with E-state index in [0.717, 1.165) is 12.0 Å². The Labute approximate surface area is 141 Å². The van der Waals surface area contributed by atoms with Crippen LogP contribution in [0.4, 0.5) is 0 Å². The third-order valence-corrected chi connectivity index (χ3v) is 4.70. The van der Waals surface area contributed by atoms with Crippen LogP contribution in [0.25, 0.3) is 0 Å². The molecule has 7 nitrogen and oxygen atoms in total. The van der Waals surface area contributed by atoms with Crippen LogP contribution in [0.1, 0.15) is 24.8 Å². The number of carbonyl (C=O) groups excluding carboxylic acids is 3. The molecule has 0 aromatic carbocycles. The molecule has 130 valence electrons. The molecule has 2 aliphatic rings. The van der Waals surface area contributed by atoms with E-state index < -0.39 is 0 Å². The van der Waals surface area contributed by atoms with Crippen molar-refractivity contribution in [3.63, 3.8) is 0 Å². The lowest BCUT2D eigenvalue weighted by Crippen LogP contribution is -2.46. The van der Waals surface area contributed by atoms with Gasteiger partial charge in [0.1, 0.15) is 6.04 Å². The molecule has 1 N–H and O–H groups in total. The second kappa shape index (κ2) is 7.07. The number of aromatic nitrogens is 1. The number of hydrogen-bond acceptors (Lipinski definition) is 3. The third-order valence-electron chi connectivity index (χ3n) is 4.70. The van der Waals surface area contributed by atoms with E-state index in [9.17, 15) is 14.4 Å². The van der Waals surface area contributed by atoms with Gasteiger partial charge >= 0.3 is 0 Å². The van der Waals surface area contributed by atoms with Crippen molar-refractivity contribution in [2.24, 2.45) is 7.05 Å². The van der Waals surface area contributed by atoms with E-state index in [-0.39, 0.29) is 23.8 Å². The lowest BCUT2D eigenvalue weighted by molar-refractivity contribution is -0.135. The Morgan fingerprint density at radius 3 is 2.62 bits per heavy atom. The van der Waals surface area contributed by atoms with Crippen LogP contribution in [0.5, 0.6) is 0 Å². The first kappa shape index (κ1) is 16.5. The molecule has 1 unspecified atom stereocenters. The highest BCUT2D eigenvalue weighted by Gasteiger charge is 2.31. The molecule has 0 radical (unpaired) electrons. The normalized spacial score (nSPS) is 21.5. The highest BCUT2D eigenvalue weighted by atomic mass is 16.2. The maximum absolute atomic E-state index is 12.5. The van der Waals surface area contributed by atoms with Crippen LogP contribution < -0.4 is 5.32 Å². The fourth-order valence-electron chi connectivity index (χ4n) is 3.36. The van der Waals surface area contributed by atoms with Gasteiger partial charge in [0.2, 0.25) is 17.7 Å². The molecule has 1 atom stereocenters. The summed E-state index contributed by atoms with van der Waals surface area (Å²) in [5, 5.41) is 2.73. The minimum atomic E-state index is -0.385. The number of aryl methyl sites for hydroxylation is 1. The molecule has 1 aromatic heterocycles. The molecule has 2 saturated heterocycles. The Morgan fingerprint density at radius 2 is 1.96 bits per heavy atom. The van der Waals surface area contributed by atoms with E-state index in [0.29, 0.717) is 45.4 Å². The summed E-state index contributed by atoms with van der Waals surface area (Å²) in [5.41, 5.74) is 1.01. The van der Waals surface area contributed by atoms with Crippen LogP contribution in [0, 0.1) is 0 Å². The van der Waals surface area contributed by atoms with Crippen molar-refractivity contribution < 1.29 is 14.4 Å². The maximum atomic E-state index is 12.5. The predicted octanol–water partition coefficient (Wildman–Crippen LogP) is -0.0929. The number of rotatable bonds is 3. The van der Waals surface area contributed by atoms with Crippen molar-refractivity contribution >= 4 is 17.7 Å². The summed E-state index contributed by atoms with van der Waals surface area (Å²) in [7, 11) is 1.94. The van der Waals surface area contributed by atoms with Gasteiger partial charge in [0.15, 0.2) is 0 Å². The first-order valence-corrected chi connectivity index (χ1v) is 8.50. The zero-order valence-corrected chi connectivity index (χ0v) is 14.0. The molecular weight excluding hydrogens is 308 g/mol. The molecular formula is C17H24N4O3. The Balaban J connectivity index is 1.53. The van der Waals surface area contributed by atoms with Gasteiger partial charge in [0.25, 0.3) is 0 Å². The summed E-state index contributed by atoms with van der Waals surface area (Å²) in [6.45, 7) is 2.40. The topological polar surface area (TPSA) is 74.7 Å². The number of carbonyl (C=O) groups is 3. The van der Waals surface area contributed by atoms with E-state index in [1.165, 1.54) is 0 Å². The average Bonchev–Trinajstić information content (AvgIpc) is 3.07. The molecule has 0 aliphatic carbocycles. The van der Waals surface area contributed by atoms with Crippen molar-refractivity contribution in [2.75, 3.05) is 26.2 Å². The molecule has 2 fully saturated rings. The molecule has 3 heterocycles. The molecule has 0 spiro atoms. The Hall–Kier alpha value is -2.31. The van der Waals surface area contributed by atoms with Crippen LogP contribution >= 0.6 is 0 Å². The van der Waals surface area contributed by atoms with Crippen molar-refractivity contribution in [1.82, 2.24) is 19.7 Å². The van der Waals surface area contributed by atoms with Gasteiger partial charge < -0.3 is 19.7 Å². The van der Waals surface area contributed by atoms with Crippen LogP contribution in [0.2, 0.25) is 0 Å². The largest absolute Gasteiger partial charge is 0.357 e. The van der Waals surface area contributed by atoms with Gasteiger partial charge in [0, 0.05) is 52.0 Å². The Morgan fingerprint density at radius 1 is 1.21 bits per heavy atom. The summed E-state index contributed by atoms with van der Waals surface area (Å²) in [6, 6.07) is 1.57. The summed E-state index contributed by atoms with van der Waals surface area (Å²) in [6.07, 6.45) is 6.05. The van der Waals surface area contributed by atoms with E-state index in [2.05, 4.69) is 5.32 Å². The first-order chi connectivity index (χ1) is 11.5. The third kappa shape index (κ3) is 3.77. The number of nitrogens with one attached hydrogen (secondary N) is 1. The average molecular weight is 332 g/mol. The second-order valence-electron chi connectivity index (χ2n) is 6.58. The summed E-state index contributed by atoms with van der Waals surface area (Å²) in [5.74, 6) is 0.0331. The van der Waals surface area contributed by atoms with Crippen molar-refractivity contribution in [2.45, 2.75) is 31.7 Å². The van der Waals surface area contributed by atoms with Crippen LogP contribution in [-0.2, 0) is 27.9 Å². The van der Waals surface area contributed by atoms with Gasteiger partial charge in [-0.2, -0.15) is 0 Å². The zero-order valence-electron chi connectivity index (χ0n) is 14.0. The Bertz CT molecular complexity index is 640. The second-order valence-corrected chi connectivity index (χ2v) is 6.58. The predicted molar refractivity (Wildman–Crippen MR) is 88.1 cm³/mol. The van der Waals surface area contributed by atoms with Crippen LogP contribution in [0.3, 0.4) is 0 Å². The fraction of sp³-hybridized carbons (Fsp3) is 0.588. The van der Waals surface area contributed by atoms with Crippen molar-refractivity contribution in [3.05, 3.63) is 24.0 Å². The van der Waals surface area contributed by atoms with E-state index >= 15 is 0 Å². The van der Waals surface area contributed by atoms with Crippen LogP contribution in [-0.4, -0.2) is 64.3 Å². The van der Waals surface area contributed by atoms with Gasteiger partial charge in [0.05, 0.1) is 6.42 Å². The highest BCUT2D eigenvalue weighted by Crippen LogP contribution is 2.13. The van der Waals surface area contributed by atoms with Gasteiger partial charge in [-0.1, -0.05) is 0 Å². The summed E-state index contributed by atoms with van der Waals surface area (Å²) >= 11 is 0. The lowest BCUT2D eigenvalue weighted by atomic mass is 10.2. The number of hydrogen-bond donors (Lipinski definition) is 1. The Kier molecular flexibility index (Phi) is 4.87. The van der Waals surface area contributed by atoms with Gasteiger partial charge in [-0.15, -0.1) is 0 Å². The minimum Gasteiger partial charge on any atom is -0.357 e. The molecule has 0 bridgehead atoms. The standard InChI is InChI=1S/C17H24N4O3/c1-19-8-5-13(12-19)11-16(23)20-6-2-7-21(10-9-20)17(24)14-3-4-15(22)18-14/h5,8,12,14H,2-4,6-7,9-11H2,1H3,(H,18,22). The molecule has 3 rings (SSSR count). The van der Waals surface area contributed by atoms with Crippen molar-refractivity contribution in [1.29, 1.82) is 0 Å². The minimum absolute atomic E-state index is 0.0155. The van der Waals surface area contributed by atoms with E-state index in [1.807, 2.05) is 35.0 Å². The van der Waals surface area contributed by atoms with Gasteiger partial charge in [-0.05, 0) is 24.5 Å².